The average Bonchev–Trinajstić information content (AvgIpc) is 2.31. The highest BCUT2D eigenvalue weighted by atomic mass is 35.5. The second-order valence-electron chi connectivity index (χ2n) is 5.00. The molecule has 0 aliphatic rings. The fourth-order valence-electron chi connectivity index (χ4n) is 1.78. The molecule has 0 unspecified atom stereocenters. The highest BCUT2D eigenvalue weighted by Crippen LogP contribution is 2.17. The van der Waals surface area contributed by atoms with E-state index < -0.39 is 23.7 Å². The number of aliphatic carboxylic acids is 1. The number of hydrogen-bond acceptors (Lipinski definition) is 2. The van der Waals surface area contributed by atoms with E-state index in [0.717, 1.165) is 6.07 Å². The molecule has 110 valence electrons. The first-order chi connectivity index (χ1) is 9.29. The van der Waals surface area contributed by atoms with Crippen molar-refractivity contribution >= 4 is 23.5 Å². The van der Waals surface area contributed by atoms with Crippen molar-refractivity contribution in [3.05, 3.63) is 34.6 Å². The summed E-state index contributed by atoms with van der Waals surface area (Å²) in [6, 6.07) is 2.81. The molecule has 0 aliphatic heterocycles. The van der Waals surface area contributed by atoms with Crippen LogP contribution in [0.5, 0.6) is 0 Å². The van der Waals surface area contributed by atoms with Crippen molar-refractivity contribution in [1.82, 2.24) is 5.32 Å². The molecule has 0 aliphatic carbocycles. The lowest BCUT2D eigenvalue weighted by atomic mass is 10.0. The van der Waals surface area contributed by atoms with Crippen LogP contribution >= 0.6 is 11.6 Å². The van der Waals surface area contributed by atoms with Crippen LogP contribution in [0.1, 0.15) is 25.8 Å². The zero-order valence-electron chi connectivity index (χ0n) is 11.3. The van der Waals surface area contributed by atoms with Gasteiger partial charge in [0, 0.05) is 5.02 Å². The molecule has 0 saturated heterocycles. The molecule has 4 nitrogen and oxygen atoms in total. The molecule has 0 saturated carbocycles. The zero-order chi connectivity index (χ0) is 15.3. The quantitative estimate of drug-likeness (QED) is 0.849. The Kier molecular flexibility index (Phi) is 5.95. The van der Waals surface area contributed by atoms with Crippen LogP contribution in [0.25, 0.3) is 0 Å². The highest BCUT2D eigenvalue weighted by molar-refractivity contribution is 6.31. The summed E-state index contributed by atoms with van der Waals surface area (Å²) in [4.78, 5) is 22.9. The van der Waals surface area contributed by atoms with E-state index in [-0.39, 0.29) is 17.4 Å². The zero-order valence-corrected chi connectivity index (χ0v) is 12.1. The maximum Gasteiger partial charge on any atom is 0.326 e. The number of carboxylic acids is 1. The molecule has 2 N–H and O–H groups in total. The lowest BCUT2D eigenvalue weighted by molar-refractivity contribution is -0.142. The number of carbonyl (C=O) groups is 2. The maximum atomic E-state index is 12.9. The smallest absolute Gasteiger partial charge is 0.326 e. The topological polar surface area (TPSA) is 66.4 Å². The van der Waals surface area contributed by atoms with Crippen LogP contribution < -0.4 is 5.32 Å². The first-order valence-electron chi connectivity index (χ1n) is 6.25. The molecule has 0 spiro atoms. The number of carboxylic acid groups (broad SMARTS) is 1. The number of benzene rings is 1. The minimum atomic E-state index is -1.07. The Morgan fingerprint density at radius 1 is 1.40 bits per heavy atom. The molecule has 6 heteroatoms. The highest BCUT2D eigenvalue weighted by Gasteiger charge is 2.21. The van der Waals surface area contributed by atoms with Gasteiger partial charge in [-0.25, -0.2) is 9.18 Å². The van der Waals surface area contributed by atoms with Crippen molar-refractivity contribution < 1.29 is 19.1 Å². The molecule has 0 heterocycles. The third kappa shape index (κ3) is 5.17. The standard InChI is InChI=1S/C14H17ClFNO3/c1-8(2)5-12(14(19)20)17-13(18)6-9-3-4-10(16)7-11(9)15/h3-4,7-8,12H,5-6H2,1-2H3,(H,17,18)(H,19,20)/t12-/m0/s1. The van der Waals surface area contributed by atoms with E-state index in [1.807, 2.05) is 13.8 Å². The van der Waals surface area contributed by atoms with Crippen LogP contribution in [0, 0.1) is 11.7 Å². The van der Waals surface area contributed by atoms with E-state index >= 15 is 0 Å². The molecule has 20 heavy (non-hydrogen) atoms. The Morgan fingerprint density at radius 2 is 2.05 bits per heavy atom. The molecule has 0 radical (unpaired) electrons. The fourth-order valence-corrected chi connectivity index (χ4v) is 2.01. The van der Waals surface area contributed by atoms with E-state index in [1.54, 1.807) is 0 Å². The van der Waals surface area contributed by atoms with E-state index in [4.69, 9.17) is 16.7 Å². The summed E-state index contributed by atoms with van der Waals surface area (Å²) in [5.74, 6) is -1.86. The van der Waals surface area contributed by atoms with Crippen molar-refractivity contribution in [3.63, 3.8) is 0 Å². The van der Waals surface area contributed by atoms with Crippen molar-refractivity contribution in [3.8, 4) is 0 Å². The van der Waals surface area contributed by atoms with Crippen molar-refractivity contribution in [2.75, 3.05) is 0 Å². The normalized spacial score (nSPS) is 12.2. The van der Waals surface area contributed by atoms with E-state index in [9.17, 15) is 14.0 Å². The Bertz CT molecular complexity index is 505. The maximum absolute atomic E-state index is 12.9. The van der Waals surface area contributed by atoms with E-state index in [1.165, 1.54) is 12.1 Å². The molecule has 0 bridgehead atoms. The predicted molar refractivity (Wildman–Crippen MR) is 74.1 cm³/mol. The fraction of sp³-hybridized carbons (Fsp3) is 0.429. The van der Waals surface area contributed by atoms with Gasteiger partial charge in [-0.1, -0.05) is 31.5 Å². The Morgan fingerprint density at radius 3 is 2.55 bits per heavy atom. The van der Waals surface area contributed by atoms with Gasteiger partial charge < -0.3 is 10.4 Å². The van der Waals surface area contributed by atoms with Crippen LogP contribution in [-0.4, -0.2) is 23.0 Å². The van der Waals surface area contributed by atoms with Crippen LogP contribution in [0.15, 0.2) is 18.2 Å². The van der Waals surface area contributed by atoms with E-state index in [0.29, 0.717) is 12.0 Å². The van der Waals surface area contributed by atoms with Gasteiger partial charge in [-0.3, -0.25) is 4.79 Å². The molecular weight excluding hydrogens is 285 g/mol. The van der Waals surface area contributed by atoms with Crippen LogP contribution in [0.4, 0.5) is 4.39 Å². The number of amides is 1. The largest absolute Gasteiger partial charge is 0.480 e. The van der Waals surface area contributed by atoms with Gasteiger partial charge in [-0.05, 0) is 30.0 Å². The van der Waals surface area contributed by atoms with Crippen molar-refractivity contribution in [1.29, 1.82) is 0 Å². The van der Waals surface area contributed by atoms with Gasteiger partial charge in [-0.15, -0.1) is 0 Å². The number of halogens is 2. The minimum absolute atomic E-state index is 0.0824. The van der Waals surface area contributed by atoms with Crippen LogP contribution in [-0.2, 0) is 16.0 Å². The first-order valence-corrected chi connectivity index (χ1v) is 6.63. The number of nitrogens with one attached hydrogen (secondary N) is 1. The second kappa shape index (κ2) is 7.24. The Hall–Kier alpha value is -1.62. The molecule has 1 rings (SSSR count). The van der Waals surface area contributed by atoms with Gasteiger partial charge in [0.15, 0.2) is 0 Å². The first kappa shape index (κ1) is 16.4. The molecule has 1 atom stereocenters. The third-order valence-electron chi connectivity index (χ3n) is 2.71. The molecule has 0 fully saturated rings. The van der Waals surface area contributed by atoms with Gasteiger partial charge in [-0.2, -0.15) is 0 Å². The molecule has 1 aromatic carbocycles. The minimum Gasteiger partial charge on any atom is -0.480 e. The summed E-state index contributed by atoms with van der Waals surface area (Å²) in [6.45, 7) is 3.75. The van der Waals surface area contributed by atoms with Crippen molar-refractivity contribution in [2.45, 2.75) is 32.7 Å². The predicted octanol–water partition coefficient (Wildman–Crippen LogP) is 2.64. The van der Waals surface area contributed by atoms with E-state index in [2.05, 4.69) is 5.32 Å². The monoisotopic (exact) mass is 301 g/mol. The van der Waals surface area contributed by atoms with Gasteiger partial charge in [0.05, 0.1) is 6.42 Å². The Labute approximate surface area is 121 Å². The lowest BCUT2D eigenvalue weighted by Gasteiger charge is -2.16. The molecule has 0 aromatic heterocycles. The van der Waals surface area contributed by atoms with Crippen LogP contribution in [0.3, 0.4) is 0 Å². The second-order valence-corrected chi connectivity index (χ2v) is 5.41. The summed E-state index contributed by atoms with van der Waals surface area (Å²) in [6.07, 6.45) is 0.263. The van der Waals surface area contributed by atoms with Crippen LogP contribution in [0.2, 0.25) is 5.02 Å². The number of carbonyl (C=O) groups excluding carboxylic acids is 1. The summed E-state index contributed by atoms with van der Waals surface area (Å²) < 4.78 is 12.9. The molecule has 1 aromatic rings. The van der Waals surface area contributed by atoms with Gasteiger partial charge in [0.2, 0.25) is 5.91 Å². The van der Waals surface area contributed by atoms with Gasteiger partial charge in [0.1, 0.15) is 11.9 Å². The summed E-state index contributed by atoms with van der Waals surface area (Å²) in [7, 11) is 0. The van der Waals surface area contributed by atoms with Gasteiger partial charge in [0.25, 0.3) is 0 Å². The number of rotatable bonds is 6. The van der Waals surface area contributed by atoms with Gasteiger partial charge >= 0.3 is 5.97 Å². The lowest BCUT2D eigenvalue weighted by Crippen LogP contribution is -2.42. The molecular formula is C14H17ClFNO3. The summed E-state index contributed by atoms with van der Waals surface area (Å²) in [5, 5.41) is 11.6. The third-order valence-corrected chi connectivity index (χ3v) is 3.06. The Balaban J connectivity index is 2.68. The van der Waals surface area contributed by atoms with Crippen molar-refractivity contribution in [2.24, 2.45) is 5.92 Å². The summed E-state index contributed by atoms with van der Waals surface area (Å²) in [5.41, 5.74) is 0.458. The molecule has 1 amide bonds. The SMILES string of the molecule is CC(C)C[C@H](NC(=O)Cc1ccc(F)cc1Cl)C(=O)O. The number of hydrogen-bond donors (Lipinski definition) is 2. The average molecular weight is 302 g/mol. The summed E-state index contributed by atoms with van der Waals surface area (Å²) >= 11 is 5.82.